The predicted octanol–water partition coefficient (Wildman–Crippen LogP) is -2.21. The van der Waals surface area contributed by atoms with Gasteiger partial charge in [-0.3, -0.25) is 0 Å². The molecule has 0 aliphatic heterocycles. The molecule has 0 aliphatic carbocycles. The van der Waals surface area contributed by atoms with Crippen LogP contribution in [-0.4, -0.2) is 5.05 Å². The van der Waals surface area contributed by atoms with Crippen molar-refractivity contribution in [3.63, 3.8) is 0 Å². The molecule has 1 nitrogen and oxygen atoms in total. The van der Waals surface area contributed by atoms with Crippen LogP contribution in [0.1, 0.15) is 4.88 Å². The summed E-state index contributed by atoms with van der Waals surface area (Å²) in [5.74, 6) is 0. The van der Waals surface area contributed by atoms with Crippen molar-refractivity contribution < 1.29 is 34.7 Å². The minimum atomic E-state index is -0.264. The second-order valence-corrected chi connectivity index (χ2v) is 2.58. The van der Waals surface area contributed by atoms with Gasteiger partial charge in [0.25, 0.3) is 0 Å². The van der Waals surface area contributed by atoms with E-state index in [2.05, 4.69) is 12.2 Å². The zero-order chi connectivity index (χ0) is 5.98. The van der Waals surface area contributed by atoms with Crippen LogP contribution in [0.25, 0.3) is 0 Å². The van der Waals surface area contributed by atoms with Crippen LogP contribution in [-0.2, 0) is 0 Å². The van der Waals surface area contributed by atoms with Gasteiger partial charge in [-0.05, 0) is 16.5 Å². The molecule has 0 saturated carbocycles. The van der Waals surface area contributed by atoms with Gasteiger partial charge in [0.05, 0.1) is 0 Å². The predicted molar refractivity (Wildman–Crippen MR) is 36.0 cm³/mol. The van der Waals surface area contributed by atoms with Gasteiger partial charge in [-0.1, -0.05) is 18.3 Å². The molecule has 0 bridgehead atoms. The molecule has 1 heterocycles. The number of thiocarbonyl (C=S) groups is 1. The van der Waals surface area contributed by atoms with E-state index in [-0.39, 0.29) is 34.6 Å². The van der Waals surface area contributed by atoms with Crippen LogP contribution >= 0.6 is 23.6 Å². The first-order chi connectivity index (χ1) is 3.80. The summed E-state index contributed by atoms with van der Waals surface area (Å²) in [7, 11) is 0. The Morgan fingerprint density at radius 3 is 2.56 bits per heavy atom. The van der Waals surface area contributed by atoms with Crippen LogP contribution in [0, 0.1) is 0 Å². The van der Waals surface area contributed by atoms with E-state index in [1.165, 1.54) is 11.3 Å². The van der Waals surface area contributed by atoms with Crippen molar-refractivity contribution in [1.29, 1.82) is 0 Å². The molecule has 0 aliphatic rings. The molecule has 0 radical (unpaired) electrons. The molecule has 0 spiro atoms. The molecule has 1 aromatic rings. The molecule has 1 rings (SSSR count). The summed E-state index contributed by atoms with van der Waals surface area (Å²) in [4.78, 5) is 0.653. The summed E-state index contributed by atoms with van der Waals surface area (Å²) in [6, 6.07) is 3.53. The van der Waals surface area contributed by atoms with Crippen molar-refractivity contribution in [3.8, 4) is 0 Å². The average molecular weight is 166 g/mol. The first-order valence-corrected chi connectivity index (χ1v) is 3.34. The van der Waals surface area contributed by atoms with E-state index in [1.807, 2.05) is 11.4 Å². The molecule has 0 saturated heterocycles. The maximum Gasteiger partial charge on any atom is 1.00 e. The van der Waals surface area contributed by atoms with Crippen molar-refractivity contribution in [1.82, 2.24) is 0 Å². The molecule has 0 amide bonds. The van der Waals surface area contributed by atoms with Crippen LogP contribution in [0.3, 0.4) is 0 Å². The van der Waals surface area contributed by atoms with Gasteiger partial charge in [0.2, 0.25) is 0 Å². The third-order valence-corrected chi connectivity index (χ3v) is 1.94. The Hall–Kier alpha value is 0.590. The molecule has 4 heteroatoms. The molecular formula is C5H3NaOS2. The zero-order valence-corrected chi connectivity index (χ0v) is 8.59. The van der Waals surface area contributed by atoms with Crippen LogP contribution in [0.4, 0.5) is 0 Å². The molecule has 0 aromatic carbocycles. The summed E-state index contributed by atoms with van der Waals surface area (Å²) in [6.45, 7) is 0. The van der Waals surface area contributed by atoms with E-state index in [9.17, 15) is 5.11 Å². The van der Waals surface area contributed by atoms with Crippen molar-refractivity contribution in [2.75, 3.05) is 0 Å². The summed E-state index contributed by atoms with van der Waals surface area (Å²) in [6.07, 6.45) is 0. The van der Waals surface area contributed by atoms with Crippen LogP contribution < -0.4 is 34.7 Å². The second kappa shape index (κ2) is 4.41. The van der Waals surface area contributed by atoms with Gasteiger partial charge in [-0.2, -0.15) is 0 Å². The Morgan fingerprint density at radius 1 is 1.67 bits per heavy atom. The number of rotatable bonds is 1. The van der Waals surface area contributed by atoms with Crippen LogP contribution in [0.2, 0.25) is 0 Å². The number of hydrogen-bond acceptors (Lipinski definition) is 3. The molecule has 9 heavy (non-hydrogen) atoms. The quantitative estimate of drug-likeness (QED) is 0.349. The normalized spacial score (nSPS) is 8.00. The summed E-state index contributed by atoms with van der Waals surface area (Å²) in [5, 5.41) is 11.9. The fourth-order valence-electron chi connectivity index (χ4n) is 0.395. The molecule has 0 atom stereocenters. The maximum atomic E-state index is 10.3. The first kappa shape index (κ1) is 9.59. The van der Waals surface area contributed by atoms with E-state index in [0.717, 1.165) is 0 Å². The third kappa shape index (κ3) is 2.78. The zero-order valence-electron chi connectivity index (χ0n) is 4.96. The van der Waals surface area contributed by atoms with Crippen molar-refractivity contribution in [2.24, 2.45) is 0 Å². The van der Waals surface area contributed by atoms with Gasteiger partial charge in [-0.25, -0.2) is 0 Å². The monoisotopic (exact) mass is 166 g/mol. The molecule has 0 fully saturated rings. The van der Waals surface area contributed by atoms with E-state index >= 15 is 0 Å². The van der Waals surface area contributed by atoms with Gasteiger partial charge in [0.1, 0.15) is 0 Å². The number of thiophene rings is 1. The minimum absolute atomic E-state index is 0. The van der Waals surface area contributed by atoms with Crippen molar-refractivity contribution >= 4 is 28.6 Å². The van der Waals surface area contributed by atoms with E-state index in [4.69, 9.17) is 0 Å². The van der Waals surface area contributed by atoms with Crippen molar-refractivity contribution in [2.45, 2.75) is 0 Å². The van der Waals surface area contributed by atoms with Crippen LogP contribution in [0.5, 0.6) is 0 Å². The Kier molecular flexibility index (Phi) is 4.70. The summed E-state index contributed by atoms with van der Waals surface area (Å²) >= 11 is 5.75. The Labute approximate surface area is 85.0 Å². The van der Waals surface area contributed by atoms with E-state index in [0.29, 0.717) is 4.88 Å². The fraction of sp³-hybridized carbons (Fsp3) is 0. The SMILES string of the molecule is [Na+].[O-]C(=S)c1cccs1. The Balaban J connectivity index is 0.000000640. The van der Waals surface area contributed by atoms with E-state index in [1.54, 1.807) is 6.07 Å². The third-order valence-electron chi connectivity index (χ3n) is 0.722. The molecular weight excluding hydrogens is 163 g/mol. The minimum Gasteiger partial charge on any atom is -0.863 e. The van der Waals surface area contributed by atoms with Crippen LogP contribution in [0.15, 0.2) is 17.5 Å². The van der Waals surface area contributed by atoms with Gasteiger partial charge >= 0.3 is 29.6 Å². The molecule has 1 aromatic heterocycles. The number of hydrogen-bond donors (Lipinski definition) is 0. The van der Waals surface area contributed by atoms with Gasteiger partial charge in [-0.15, -0.1) is 11.3 Å². The Morgan fingerprint density at radius 2 is 2.33 bits per heavy atom. The van der Waals surface area contributed by atoms with Gasteiger partial charge in [0.15, 0.2) is 0 Å². The largest absolute Gasteiger partial charge is 1.00 e. The van der Waals surface area contributed by atoms with E-state index < -0.39 is 0 Å². The molecule has 42 valence electrons. The van der Waals surface area contributed by atoms with Gasteiger partial charge < -0.3 is 5.11 Å². The molecule has 0 unspecified atom stereocenters. The Bertz CT molecular complexity index is 183. The second-order valence-electron chi connectivity index (χ2n) is 1.26. The smallest absolute Gasteiger partial charge is 0.863 e. The summed E-state index contributed by atoms with van der Waals surface area (Å²) < 4.78 is 0. The average Bonchev–Trinajstić information content (AvgIpc) is 2.12. The van der Waals surface area contributed by atoms with Crippen molar-refractivity contribution in [3.05, 3.63) is 22.4 Å². The van der Waals surface area contributed by atoms with Gasteiger partial charge in [0, 0.05) is 4.88 Å². The standard InChI is InChI=1S/C5H4OS2.Na/c6-5(7)4-2-1-3-8-4;/h1-3H,(H,6,7);/q;+1/p-1. The molecule has 0 N–H and O–H groups in total. The summed E-state index contributed by atoms with van der Waals surface area (Å²) in [5.41, 5.74) is 0. The maximum absolute atomic E-state index is 10.3. The topological polar surface area (TPSA) is 23.1 Å². The first-order valence-electron chi connectivity index (χ1n) is 2.05. The fourth-order valence-corrected chi connectivity index (χ4v) is 1.16.